The van der Waals surface area contributed by atoms with Crippen LogP contribution < -0.4 is 0 Å². The van der Waals surface area contributed by atoms with Crippen molar-refractivity contribution in [1.29, 1.82) is 5.26 Å². The minimum Gasteiger partial charge on any atom is -0.258 e. The Balaban J connectivity index is 3.39. The Bertz CT molecular complexity index is 390. The molecule has 0 radical (unpaired) electrons. The molecule has 1 rings (SSSR count). The van der Waals surface area contributed by atoms with Gasteiger partial charge in [0.2, 0.25) is 0 Å². The van der Waals surface area contributed by atoms with Crippen LogP contribution in [0.5, 0.6) is 0 Å². The van der Waals surface area contributed by atoms with E-state index in [-0.39, 0.29) is 15.7 Å². The lowest BCUT2D eigenvalue weighted by Gasteiger charge is -1.96. The Morgan fingerprint density at radius 1 is 1.62 bits per heavy atom. The van der Waals surface area contributed by atoms with Gasteiger partial charge in [0.15, 0.2) is 0 Å². The van der Waals surface area contributed by atoms with E-state index < -0.39 is 10.7 Å². The summed E-state index contributed by atoms with van der Waals surface area (Å²) < 4.78 is 13.0. The lowest BCUT2D eigenvalue weighted by molar-refractivity contribution is -0.385. The minimum absolute atomic E-state index is 0.0849. The fraction of sp³-hybridized carbons (Fsp3) is 0. The van der Waals surface area contributed by atoms with E-state index in [2.05, 4.69) is 15.9 Å². The van der Waals surface area contributed by atoms with Gasteiger partial charge in [-0.15, -0.1) is 0 Å². The van der Waals surface area contributed by atoms with Crippen LogP contribution in [-0.2, 0) is 0 Å². The maximum Gasteiger partial charge on any atom is 0.273 e. The average molecular weight is 245 g/mol. The van der Waals surface area contributed by atoms with Gasteiger partial charge in [-0.2, -0.15) is 5.26 Å². The second-order valence-corrected chi connectivity index (χ2v) is 3.01. The van der Waals surface area contributed by atoms with E-state index in [1.165, 1.54) is 0 Å². The Morgan fingerprint density at radius 3 is 2.62 bits per heavy atom. The summed E-state index contributed by atoms with van der Waals surface area (Å²) in [7, 11) is 0. The molecule has 0 unspecified atom stereocenters. The maximum absolute atomic E-state index is 12.9. The van der Waals surface area contributed by atoms with Gasteiger partial charge in [-0.3, -0.25) is 10.1 Å². The lowest BCUT2D eigenvalue weighted by atomic mass is 10.2. The molecule has 1 aromatic carbocycles. The van der Waals surface area contributed by atoms with Gasteiger partial charge >= 0.3 is 0 Å². The zero-order valence-corrected chi connectivity index (χ0v) is 7.71. The van der Waals surface area contributed by atoms with Crippen LogP contribution in [0.3, 0.4) is 0 Å². The van der Waals surface area contributed by atoms with E-state index in [1.54, 1.807) is 6.07 Å². The van der Waals surface area contributed by atoms with Crippen LogP contribution in [0.1, 0.15) is 5.56 Å². The van der Waals surface area contributed by atoms with Gasteiger partial charge in [0.05, 0.1) is 11.0 Å². The first-order chi connectivity index (χ1) is 6.06. The highest BCUT2D eigenvalue weighted by atomic mass is 79.9. The molecule has 0 aliphatic heterocycles. The largest absolute Gasteiger partial charge is 0.273 e. The Kier molecular flexibility index (Phi) is 2.58. The highest BCUT2D eigenvalue weighted by molar-refractivity contribution is 9.10. The Labute approximate surface area is 80.9 Å². The summed E-state index contributed by atoms with van der Waals surface area (Å²) >= 11 is 2.86. The molecular formula is C7H2BrFN2O2. The molecule has 13 heavy (non-hydrogen) atoms. The maximum atomic E-state index is 12.9. The number of hydrogen-bond donors (Lipinski definition) is 0. The van der Waals surface area contributed by atoms with Crippen molar-refractivity contribution in [3.8, 4) is 6.07 Å². The molecular weight excluding hydrogens is 243 g/mol. The summed E-state index contributed by atoms with van der Waals surface area (Å²) in [6.45, 7) is 0. The van der Waals surface area contributed by atoms with E-state index in [4.69, 9.17) is 5.26 Å². The Morgan fingerprint density at radius 2 is 2.23 bits per heavy atom. The fourth-order valence-electron chi connectivity index (χ4n) is 0.772. The molecule has 6 heteroatoms. The van der Waals surface area contributed by atoms with Gasteiger partial charge in [-0.25, -0.2) is 4.39 Å². The highest BCUT2D eigenvalue weighted by Gasteiger charge is 2.14. The van der Waals surface area contributed by atoms with Crippen LogP contribution in [0.4, 0.5) is 10.1 Å². The molecule has 66 valence electrons. The number of nitrogens with zero attached hydrogens (tertiary/aromatic N) is 2. The van der Waals surface area contributed by atoms with Crippen LogP contribution in [-0.4, -0.2) is 4.92 Å². The zero-order chi connectivity index (χ0) is 10.0. The molecule has 0 spiro atoms. The molecule has 0 saturated carbocycles. The van der Waals surface area contributed by atoms with Crippen molar-refractivity contribution in [2.45, 2.75) is 0 Å². The van der Waals surface area contributed by atoms with Crippen molar-refractivity contribution < 1.29 is 9.31 Å². The first-order valence-electron chi connectivity index (χ1n) is 3.10. The number of benzene rings is 1. The number of nitriles is 1. The summed E-state index contributed by atoms with van der Waals surface area (Å²) in [6, 6.07) is 3.38. The van der Waals surface area contributed by atoms with E-state index >= 15 is 0 Å². The van der Waals surface area contributed by atoms with Crippen molar-refractivity contribution >= 4 is 21.6 Å². The molecule has 0 atom stereocenters. The van der Waals surface area contributed by atoms with Gasteiger partial charge in [-0.05, 0) is 15.9 Å². The number of nitro groups is 1. The van der Waals surface area contributed by atoms with Crippen LogP contribution in [0.2, 0.25) is 0 Å². The molecule has 0 amide bonds. The summed E-state index contributed by atoms with van der Waals surface area (Å²) in [5, 5.41) is 18.7. The predicted octanol–water partition coefficient (Wildman–Crippen LogP) is 2.37. The highest BCUT2D eigenvalue weighted by Crippen LogP contribution is 2.25. The molecule has 1 aromatic rings. The van der Waals surface area contributed by atoms with E-state index in [0.29, 0.717) is 6.07 Å². The molecule has 0 aromatic heterocycles. The standard InChI is InChI=1S/C7H2BrFN2O2/c8-6-1-4(11(12)13)2-7(9)5(6)3-10/h1-2H. The monoisotopic (exact) mass is 244 g/mol. The van der Waals surface area contributed by atoms with Crippen LogP contribution in [0.15, 0.2) is 16.6 Å². The van der Waals surface area contributed by atoms with Gasteiger partial charge in [0, 0.05) is 10.5 Å². The number of non-ortho nitro benzene ring substituents is 1. The molecule has 0 bridgehead atoms. The third-order valence-corrected chi connectivity index (χ3v) is 1.97. The lowest BCUT2D eigenvalue weighted by Crippen LogP contribution is -1.92. The van der Waals surface area contributed by atoms with Crippen LogP contribution in [0.25, 0.3) is 0 Å². The third kappa shape index (κ3) is 1.81. The first-order valence-corrected chi connectivity index (χ1v) is 3.89. The van der Waals surface area contributed by atoms with E-state index in [0.717, 1.165) is 6.07 Å². The SMILES string of the molecule is N#Cc1c(F)cc([N+](=O)[O-])cc1Br. The van der Waals surface area contributed by atoms with Crippen LogP contribution >= 0.6 is 15.9 Å². The predicted molar refractivity (Wildman–Crippen MR) is 45.5 cm³/mol. The average Bonchev–Trinajstić information content (AvgIpc) is 2.03. The first kappa shape index (κ1) is 9.61. The van der Waals surface area contributed by atoms with Crippen LogP contribution in [0, 0.1) is 27.3 Å². The summed E-state index contributed by atoms with van der Waals surface area (Å²) in [5.41, 5.74) is -0.617. The van der Waals surface area contributed by atoms with Crippen molar-refractivity contribution in [3.05, 3.63) is 38.1 Å². The molecule has 0 aliphatic carbocycles. The van der Waals surface area contributed by atoms with Crippen molar-refractivity contribution in [2.75, 3.05) is 0 Å². The molecule has 0 fully saturated rings. The summed E-state index contributed by atoms with van der Waals surface area (Å²) in [6.07, 6.45) is 0. The van der Waals surface area contributed by atoms with E-state index in [9.17, 15) is 14.5 Å². The fourth-order valence-corrected chi connectivity index (χ4v) is 1.28. The Hall–Kier alpha value is -1.48. The molecule has 0 aliphatic rings. The smallest absolute Gasteiger partial charge is 0.258 e. The minimum atomic E-state index is -0.899. The van der Waals surface area contributed by atoms with E-state index in [1.807, 2.05) is 0 Å². The quantitative estimate of drug-likeness (QED) is 0.563. The summed E-state index contributed by atoms with van der Waals surface area (Å²) in [5.74, 6) is -0.899. The van der Waals surface area contributed by atoms with Gasteiger partial charge in [0.25, 0.3) is 5.69 Å². The second-order valence-electron chi connectivity index (χ2n) is 2.15. The molecule has 0 N–H and O–H groups in total. The van der Waals surface area contributed by atoms with Gasteiger partial charge < -0.3 is 0 Å². The normalized spacial score (nSPS) is 9.31. The topological polar surface area (TPSA) is 66.9 Å². The molecule has 0 heterocycles. The zero-order valence-electron chi connectivity index (χ0n) is 6.12. The van der Waals surface area contributed by atoms with Gasteiger partial charge in [-0.1, -0.05) is 0 Å². The molecule has 4 nitrogen and oxygen atoms in total. The van der Waals surface area contributed by atoms with Gasteiger partial charge in [0.1, 0.15) is 17.4 Å². The number of rotatable bonds is 1. The van der Waals surface area contributed by atoms with Crippen molar-refractivity contribution in [3.63, 3.8) is 0 Å². The second kappa shape index (κ2) is 3.49. The summed E-state index contributed by atoms with van der Waals surface area (Å²) in [4.78, 5) is 9.51. The third-order valence-electron chi connectivity index (χ3n) is 1.35. The number of halogens is 2. The molecule has 0 saturated heterocycles. The van der Waals surface area contributed by atoms with Crippen molar-refractivity contribution in [1.82, 2.24) is 0 Å². The number of hydrogen-bond acceptors (Lipinski definition) is 3. The number of nitro benzene ring substituents is 1. The van der Waals surface area contributed by atoms with Crippen molar-refractivity contribution in [2.24, 2.45) is 0 Å².